The van der Waals surface area contributed by atoms with Gasteiger partial charge in [0.1, 0.15) is 0 Å². The average Bonchev–Trinajstić information content (AvgIpc) is 2.31. The fraction of sp³-hybridized carbons (Fsp3) is 1.00. The van der Waals surface area contributed by atoms with E-state index in [-0.39, 0.29) is 5.25 Å². The molecule has 0 atom stereocenters. The van der Waals surface area contributed by atoms with Crippen molar-refractivity contribution in [2.45, 2.75) is 69.5 Å². The van der Waals surface area contributed by atoms with Gasteiger partial charge in [-0.05, 0) is 31.6 Å². The molecule has 0 N–H and O–H groups in total. The molecule has 3 heteroatoms. The smallest absolute Gasteiger partial charge is 0.153 e. The Balaban J connectivity index is 1.90. The van der Waals surface area contributed by atoms with Crippen LogP contribution < -0.4 is 0 Å². The third-order valence-electron chi connectivity index (χ3n) is 4.25. The predicted molar refractivity (Wildman–Crippen MR) is 67.2 cm³/mol. The molecule has 0 aromatic rings. The van der Waals surface area contributed by atoms with Gasteiger partial charge in [-0.2, -0.15) is 0 Å². The van der Waals surface area contributed by atoms with Crippen LogP contribution in [-0.4, -0.2) is 19.4 Å². The molecule has 2 aliphatic carbocycles. The number of hydrogen-bond donors (Lipinski definition) is 0. The second-order valence-electron chi connectivity index (χ2n) is 5.59. The summed E-state index contributed by atoms with van der Waals surface area (Å²) in [6.45, 7) is 0. The van der Waals surface area contributed by atoms with E-state index in [0.717, 1.165) is 38.5 Å². The molecule has 0 spiro atoms. The maximum atomic E-state index is 12.3. The zero-order valence-corrected chi connectivity index (χ0v) is 11.0. The van der Waals surface area contributed by atoms with Crippen LogP contribution in [0.25, 0.3) is 0 Å². The molecule has 0 aliphatic heterocycles. The summed E-state index contributed by atoms with van der Waals surface area (Å²) in [6, 6.07) is 0. The molecule has 2 saturated carbocycles. The molecule has 16 heavy (non-hydrogen) atoms. The van der Waals surface area contributed by atoms with Gasteiger partial charge in [-0.3, -0.25) is 0 Å². The molecule has 0 aromatic heterocycles. The van der Waals surface area contributed by atoms with Crippen molar-refractivity contribution in [3.05, 3.63) is 0 Å². The fourth-order valence-corrected chi connectivity index (χ4v) is 5.56. The van der Waals surface area contributed by atoms with Gasteiger partial charge in [-0.1, -0.05) is 38.5 Å². The van der Waals surface area contributed by atoms with Gasteiger partial charge in [0.15, 0.2) is 9.84 Å². The van der Waals surface area contributed by atoms with Gasteiger partial charge in [0.2, 0.25) is 0 Å². The van der Waals surface area contributed by atoms with Crippen LogP contribution in [0.5, 0.6) is 0 Å². The minimum atomic E-state index is -2.78. The highest BCUT2D eigenvalue weighted by Crippen LogP contribution is 2.29. The topological polar surface area (TPSA) is 34.1 Å². The average molecular weight is 244 g/mol. The molecule has 2 aliphatic rings. The van der Waals surface area contributed by atoms with E-state index in [1.807, 2.05) is 0 Å². The molecule has 94 valence electrons. The summed E-state index contributed by atoms with van der Waals surface area (Å²) in [7, 11) is -2.78. The third-order valence-corrected chi connectivity index (χ3v) is 6.68. The van der Waals surface area contributed by atoms with E-state index in [9.17, 15) is 8.42 Å². The molecule has 0 amide bonds. The molecule has 2 nitrogen and oxygen atoms in total. The lowest BCUT2D eigenvalue weighted by Crippen LogP contribution is -2.30. The van der Waals surface area contributed by atoms with Crippen LogP contribution in [0, 0.1) is 5.92 Å². The standard InChI is InChI=1S/C13H24O2S/c14-16(15,13-9-5-2-6-10-13)11-12-7-3-1-4-8-12/h12-13H,1-11H2. The summed E-state index contributed by atoms with van der Waals surface area (Å²) in [4.78, 5) is 0. The summed E-state index contributed by atoms with van der Waals surface area (Å²) in [5.74, 6) is 0.957. The third kappa shape index (κ3) is 3.22. The molecule has 0 aromatic carbocycles. The first-order chi connectivity index (χ1) is 7.68. The van der Waals surface area contributed by atoms with Crippen molar-refractivity contribution < 1.29 is 8.42 Å². The van der Waals surface area contributed by atoms with E-state index in [1.54, 1.807) is 0 Å². The van der Waals surface area contributed by atoms with Crippen LogP contribution >= 0.6 is 0 Å². The Labute approximate surface area is 99.7 Å². The largest absolute Gasteiger partial charge is 0.229 e. The highest BCUT2D eigenvalue weighted by atomic mass is 32.2. The van der Waals surface area contributed by atoms with Crippen LogP contribution in [0.2, 0.25) is 0 Å². The molecule has 0 unspecified atom stereocenters. The lowest BCUT2D eigenvalue weighted by atomic mass is 9.91. The highest BCUT2D eigenvalue weighted by Gasteiger charge is 2.30. The Bertz CT molecular complexity index is 296. The van der Waals surface area contributed by atoms with Crippen LogP contribution in [0.4, 0.5) is 0 Å². The van der Waals surface area contributed by atoms with E-state index in [2.05, 4.69) is 0 Å². The molecule has 0 saturated heterocycles. The van der Waals surface area contributed by atoms with Crippen LogP contribution in [-0.2, 0) is 9.84 Å². The molecule has 2 rings (SSSR count). The Kier molecular flexibility index (Phi) is 4.28. The monoisotopic (exact) mass is 244 g/mol. The molecular formula is C13H24O2S. The lowest BCUT2D eigenvalue weighted by molar-refractivity contribution is 0.381. The van der Waals surface area contributed by atoms with Gasteiger partial charge < -0.3 is 0 Å². The second-order valence-corrected chi connectivity index (χ2v) is 7.92. The summed E-state index contributed by atoms with van der Waals surface area (Å²) in [5.41, 5.74) is 0. The van der Waals surface area contributed by atoms with E-state index >= 15 is 0 Å². The van der Waals surface area contributed by atoms with Gasteiger partial charge in [0.25, 0.3) is 0 Å². The first-order valence-corrected chi connectivity index (χ1v) is 8.61. The molecular weight excluding hydrogens is 220 g/mol. The van der Waals surface area contributed by atoms with Gasteiger partial charge in [-0.15, -0.1) is 0 Å². The first kappa shape index (κ1) is 12.4. The number of sulfone groups is 1. The van der Waals surface area contributed by atoms with E-state index < -0.39 is 9.84 Å². The number of rotatable bonds is 3. The highest BCUT2D eigenvalue weighted by molar-refractivity contribution is 7.92. The minimum Gasteiger partial charge on any atom is -0.229 e. The van der Waals surface area contributed by atoms with Crippen molar-refractivity contribution in [1.82, 2.24) is 0 Å². The number of hydrogen-bond acceptors (Lipinski definition) is 2. The Morgan fingerprint density at radius 1 is 0.750 bits per heavy atom. The maximum absolute atomic E-state index is 12.3. The van der Waals surface area contributed by atoms with Crippen LogP contribution in [0.15, 0.2) is 0 Å². The van der Waals surface area contributed by atoms with Crippen molar-refractivity contribution in [1.29, 1.82) is 0 Å². The van der Waals surface area contributed by atoms with Crippen LogP contribution in [0.1, 0.15) is 64.2 Å². The van der Waals surface area contributed by atoms with E-state index in [0.29, 0.717) is 11.7 Å². The minimum absolute atomic E-state index is 0.00294. The lowest BCUT2D eigenvalue weighted by Gasteiger charge is -2.26. The Hall–Kier alpha value is -0.0500. The van der Waals surface area contributed by atoms with Crippen molar-refractivity contribution >= 4 is 9.84 Å². The van der Waals surface area contributed by atoms with Crippen molar-refractivity contribution in [2.24, 2.45) is 5.92 Å². The maximum Gasteiger partial charge on any atom is 0.153 e. The predicted octanol–water partition coefficient (Wildman–Crippen LogP) is 3.31. The Morgan fingerprint density at radius 2 is 1.25 bits per heavy atom. The molecule has 0 bridgehead atoms. The molecule has 2 fully saturated rings. The summed E-state index contributed by atoms with van der Waals surface area (Å²) in [5, 5.41) is 0.00294. The molecule has 0 radical (unpaired) electrons. The van der Waals surface area contributed by atoms with Gasteiger partial charge in [0, 0.05) is 0 Å². The van der Waals surface area contributed by atoms with E-state index in [4.69, 9.17) is 0 Å². The van der Waals surface area contributed by atoms with Gasteiger partial charge in [-0.25, -0.2) is 8.42 Å². The molecule has 0 heterocycles. The summed E-state index contributed by atoms with van der Waals surface area (Å²) < 4.78 is 24.5. The quantitative estimate of drug-likeness (QED) is 0.763. The summed E-state index contributed by atoms with van der Waals surface area (Å²) >= 11 is 0. The van der Waals surface area contributed by atoms with Crippen LogP contribution in [0.3, 0.4) is 0 Å². The zero-order chi connectivity index (χ0) is 11.4. The van der Waals surface area contributed by atoms with E-state index in [1.165, 1.54) is 25.7 Å². The van der Waals surface area contributed by atoms with Gasteiger partial charge in [0.05, 0.1) is 11.0 Å². The second kappa shape index (κ2) is 5.52. The van der Waals surface area contributed by atoms with Crippen molar-refractivity contribution in [3.8, 4) is 0 Å². The SMILES string of the molecule is O=S(=O)(CC1CCCCC1)C1CCCCC1. The van der Waals surface area contributed by atoms with Crippen molar-refractivity contribution in [2.75, 3.05) is 5.75 Å². The van der Waals surface area contributed by atoms with Crippen molar-refractivity contribution in [3.63, 3.8) is 0 Å². The first-order valence-electron chi connectivity index (χ1n) is 6.90. The zero-order valence-electron chi connectivity index (χ0n) is 10.2. The fourth-order valence-electron chi connectivity index (χ4n) is 3.24. The summed E-state index contributed by atoms with van der Waals surface area (Å²) in [6.07, 6.45) is 11.4. The Morgan fingerprint density at radius 3 is 1.81 bits per heavy atom. The van der Waals surface area contributed by atoms with Gasteiger partial charge >= 0.3 is 0 Å². The normalized spacial score (nSPS) is 25.8.